The molecule has 1 fully saturated rings. The molecule has 0 N–H and O–H groups in total. The summed E-state index contributed by atoms with van der Waals surface area (Å²) in [7, 11) is 0. The standard InChI is InChI=1S/C17H18N4O2/c1-12-10-15-16(23)20-9-8-19(13(2)22)17(20,11-21(15)18-12)14-6-4-3-5-7-14/h3-7,10H,8-9,11H2,1-2H3. The van der Waals surface area contributed by atoms with E-state index in [0.29, 0.717) is 25.3 Å². The van der Waals surface area contributed by atoms with Crippen molar-refractivity contribution in [1.82, 2.24) is 19.6 Å². The van der Waals surface area contributed by atoms with Crippen LogP contribution in [0, 0.1) is 6.92 Å². The van der Waals surface area contributed by atoms with Crippen LogP contribution < -0.4 is 0 Å². The normalized spacial score (nSPS) is 23.0. The molecule has 1 aromatic heterocycles. The molecule has 2 aliphatic rings. The summed E-state index contributed by atoms with van der Waals surface area (Å²) in [4.78, 5) is 28.9. The number of amides is 2. The van der Waals surface area contributed by atoms with Gasteiger partial charge in [0, 0.05) is 25.6 Å². The molecule has 23 heavy (non-hydrogen) atoms. The van der Waals surface area contributed by atoms with Crippen LogP contribution in [-0.4, -0.2) is 44.5 Å². The molecule has 118 valence electrons. The number of aryl methyl sites for hydroxylation is 1. The molecule has 2 amide bonds. The van der Waals surface area contributed by atoms with Gasteiger partial charge in [0.1, 0.15) is 5.69 Å². The first-order chi connectivity index (χ1) is 11.0. The number of rotatable bonds is 1. The zero-order valence-corrected chi connectivity index (χ0v) is 13.2. The lowest BCUT2D eigenvalue weighted by Gasteiger charge is -2.46. The highest BCUT2D eigenvalue weighted by Gasteiger charge is 2.55. The second-order valence-corrected chi connectivity index (χ2v) is 6.14. The van der Waals surface area contributed by atoms with Crippen LogP contribution in [0.3, 0.4) is 0 Å². The minimum Gasteiger partial charge on any atom is -0.312 e. The lowest BCUT2D eigenvalue weighted by Crippen LogP contribution is -2.59. The maximum absolute atomic E-state index is 13.0. The quantitative estimate of drug-likeness (QED) is 0.799. The van der Waals surface area contributed by atoms with E-state index in [1.54, 1.807) is 16.5 Å². The monoisotopic (exact) mass is 310 g/mol. The van der Waals surface area contributed by atoms with Crippen molar-refractivity contribution in [3.63, 3.8) is 0 Å². The van der Waals surface area contributed by atoms with E-state index in [1.165, 1.54) is 0 Å². The number of carbonyl (C=O) groups is 2. The van der Waals surface area contributed by atoms with E-state index in [2.05, 4.69) is 5.10 Å². The maximum atomic E-state index is 13.0. The molecular weight excluding hydrogens is 292 g/mol. The Morgan fingerprint density at radius 3 is 2.65 bits per heavy atom. The third kappa shape index (κ3) is 1.78. The van der Waals surface area contributed by atoms with E-state index >= 15 is 0 Å². The number of benzene rings is 1. The van der Waals surface area contributed by atoms with Crippen LogP contribution in [0.5, 0.6) is 0 Å². The van der Waals surface area contributed by atoms with Crippen molar-refractivity contribution in [1.29, 1.82) is 0 Å². The van der Waals surface area contributed by atoms with E-state index in [-0.39, 0.29) is 11.8 Å². The highest BCUT2D eigenvalue weighted by molar-refractivity contribution is 5.95. The lowest BCUT2D eigenvalue weighted by molar-refractivity contribution is -0.138. The van der Waals surface area contributed by atoms with Crippen LogP contribution in [0.25, 0.3) is 0 Å². The fourth-order valence-electron chi connectivity index (χ4n) is 3.87. The molecule has 1 aromatic carbocycles. The highest BCUT2D eigenvalue weighted by Crippen LogP contribution is 2.42. The summed E-state index contributed by atoms with van der Waals surface area (Å²) in [5, 5.41) is 4.46. The molecule has 3 heterocycles. The second-order valence-electron chi connectivity index (χ2n) is 6.14. The number of nitrogens with zero attached hydrogens (tertiary/aromatic N) is 4. The zero-order chi connectivity index (χ0) is 16.2. The van der Waals surface area contributed by atoms with Gasteiger partial charge in [0.05, 0.1) is 12.2 Å². The fourth-order valence-corrected chi connectivity index (χ4v) is 3.87. The summed E-state index contributed by atoms with van der Waals surface area (Å²) >= 11 is 0. The summed E-state index contributed by atoms with van der Waals surface area (Å²) in [6, 6.07) is 11.6. The summed E-state index contributed by atoms with van der Waals surface area (Å²) < 4.78 is 1.74. The maximum Gasteiger partial charge on any atom is 0.274 e. The van der Waals surface area contributed by atoms with Gasteiger partial charge in [0.15, 0.2) is 5.66 Å². The first-order valence-corrected chi connectivity index (χ1v) is 7.74. The molecular formula is C17H18N4O2. The minimum absolute atomic E-state index is 0.0310. The summed E-state index contributed by atoms with van der Waals surface area (Å²) in [5.74, 6) is -0.0964. The second kappa shape index (κ2) is 4.68. The van der Waals surface area contributed by atoms with Crippen molar-refractivity contribution in [2.75, 3.05) is 13.1 Å². The SMILES string of the molecule is CC(=O)N1CCN2C(=O)c3cc(C)nn3CC12c1ccccc1. The van der Waals surface area contributed by atoms with Crippen molar-refractivity contribution < 1.29 is 9.59 Å². The Kier molecular flexibility index (Phi) is 2.85. The van der Waals surface area contributed by atoms with Gasteiger partial charge in [-0.25, -0.2) is 0 Å². The van der Waals surface area contributed by atoms with Crippen molar-refractivity contribution in [2.24, 2.45) is 0 Å². The Morgan fingerprint density at radius 1 is 1.22 bits per heavy atom. The van der Waals surface area contributed by atoms with E-state index in [0.717, 1.165) is 11.3 Å². The van der Waals surface area contributed by atoms with Crippen molar-refractivity contribution in [3.05, 3.63) is 53.3 Å². The molecule has 2 aliphatic heterocycles. The minimum atomic E-state index is -0.782. The Labute approximate surface area is 134 Å². The molecule has 0 saturated carbocycles. The van der Waals surface area contributed by atoms with E-state index in [9.17, 15) is 9.59 Å². The van der Waals surface area contributed by atoms with E-state index < -0.39 is 5.66 Å². The van der Waals surface area contributed by atoms with Gasteiger partial charge in [-0.15, -0.1) is 0 Å². The molecule has 0 bridgehead atoms. The lowest BCUT2D eigenvalue weighted by atomic mass is 9.94. The summed E-state index contributed by atoms with van der Waals surface area (Å²) in [6.07, 6.45) is 0. The number of hydrogen-bond donors (Lipinski definition) is 0. The third-order valence-electron chi connectivity index (χ3n) is 4.79. The molecule has 0 aliphatic carbocycles. The molecule has 1 unspecified atom stereocenters. The van der Waals surface area contributed by atoms with Gasteiger partial charge in [-0.1, -0.05) is 30.3 Å². The third-order valence-corrected chi connectivity index (χ3v) is 4.79. The Balaban J connectivity index is 1.95. The van der Waals surface area contributed by atoms with Crippen molar-refractivity contribution in [2.45, 2.75) is 26.1 Å². The summed E-state index contributed by atoms with van der Waals surface area (Å²) in [5.41, 5.74) is 1.57. The van der Waals surface area contributed by atoms with E-state index in [1.807, 2.05) is 48.2 Å². The molecule has 6 nitrogen and oxygen atoms in total. The zero-order valence-electron chi connectivity index (χ0n) is 13.2. The summed E-state index contributed by atoms with van der Waals surface area (Å²) in [6.45, 7) is 4.98. The number of fused-ring (bicyclic) bond motifs is 2. The molecule has 2 aromatic rings. The fraction of sp³-hybridized carbons (Fsp3) is 0.353. The van der Waals surface area contributed by atoms with Crippen LogP contribution >= 0.6 is 0 Å². The van der Waals surface area contributed by atoms with Crippen molar-refractivity contribution in [3.8, 4) is 0 Å². The smallest absolute Gasteiger partial charge is 0.274 e. The Bertz CT molecular complexity index is 798. The van der Waals surface area contributed by atoms with E-state index in [4.69, 9.17) is 0 Å². The Morgan fingerprint density at radius 2 is 1.96 bits per heavy atom. The number of hydrogen-bond acceptors (Lipinski definition) is 3. The average Bonchev–Trinajstić information content (AvgIpc) is 3.09. The van der Waals surface area contributed by atoms with Crippen LogP contribution in [-0.2, 0) is 17.0 Å². The largest absolute Gasteiger partial charge is 0.312 e. The topological polar surface area (TPSA) is 58.4 Å². The predicted octanol–water partition coefficient (Wildman–Crippen LogP) is 1.36. The van der Waals surface area contributed by atoms with Crippen LogP contribution in [0.2, 0.25) is 0 Å². The first-order valence-electron chi connectivity index (χ1n) is 7.74. The van der Waals surface area contributed by atoms with Crippen LogP contribution in [0.15, 0.2) is 36.4 Å². The Hall–Kier alpha value is -2.63. The first kappa shape index (κ1) is 14.0. The van der Waals surface area contributed by atoms with Gasteiger partial charge in [-0.05, 0) is 13.0 Å². The van der Waals surface area contributed by atoms with Gasteiger partial charge < -0.3 is 9.80 Å². The molecule has 0 spiro atoms. The average molecular weight is 310 g/mol. The van der Waals surface area contributed by atoms with Crippen molar-refractivity contribution >= 4 is 11.8 Å². The molecule has 0 radical (unpaired) electrons. The van der Waals surface area contributed by atoms with Gasteiger partial charge >= 0.3 is 0 Å². The predicted molar refractivity (Wildman–Crippen MR) is 83.5 cm³/mol. The molecule has 4 rings (SSSR count). The van der Waals surface area contributed by atoms with Gasteiger partial charge in [0.2, 0.25) is 5.91 Å². The van der Waals surface area contributed by atoms with Gasteiger partial charge in [0.25, 0.3) is 5.91 Å². The van der Waals surface area contributed by atoms with Gasteiger partial charge in [-0.3, -0.25) is 14.3 Å². The highest BCUT2D eigenvalue weighted by atomic mass is 16.2. The molecule has 6 heteroatoms. The van der Waals surface area contributed by atoms with Crippen LogP contribution in [0.4, 0.5) is 0 Å². The number of carbonyl (C=O) groups excluding carboxylic acids is 2. The molecule has 1 saturated heterocycles. The van der Waals surface area contributed by atoms with Gasteiger partial charge in [-0.2, -0.15) is 5.10 Å². The number of aromatic nitrogens is 2. The molecule has 1 atom stereocenters. The van der Waals surface area contributed by atoms with Crippen LogP contribution in [0.1, 0.15) is 28.7 Å².